The Morgan fingerprint density at radius 3 is 1.07 bits per heavy atom. The molecule has 0 bridgehead atoms. The van der Waals surface area contributed by atoms with Gasteiger partial charge in [0, 0.05) is 67.9 Å². The van der Waals surface area contributed by atoms with Crippen molar-refractivity contribution in [1.29, 1.82) is 0 Å². The van der Waals surface area contributed by atoms with Crippen molar-refractivity contribution >= 4 is 45.1 Å². The molecule has 0 unspecified atom stereocenters. The van der Waals surface area contributed by atoms with E-state index in [1.807, 2.05) is 24.3 Å². The summed E-state index contributed by atoms with van der Waals surface area (Å²) in [5.74, 6) is 1.81. The van der Waals surface area contributed by atoms with Gasteiger partial charge in [0.1, 0.15) is 0 Å². The second-order valence-corrected chi connectivity index (χ2v) is 36.3. The number of benzene rings is 13. The first-order valence-corrected chi connectivity index (χ1v) is 39.2. The maximum atomic E-state index is 4.97. The Labute approximate surface area is 680 Å². The molecule has 0 saturated carbocycles. The zero-order valence-corrected chi connectivity index (χ0v) is 71.0. The van der Waals surface area contributed by atoms with Crippen molar-refractivity contribution in [3.63, 3.8) is 0 Å². The molecule has 551 valence electrons. The molecular formula is C107H113NY-2. The maximum Gasteiger partial charge on any atom is 0.0668 e. The minimum Gasteiger partial charge on any atom is -0.252 e. The molecule has 0 saturated heterocycles. The van der Waals surface area contributed by atoms with E-state index in [1.165, 1.54) is 127 Å². The fraction of sp³-hybridized carbons (Fsp3) is 0.280. The van der Waals surface area contributed by atoms with E-state index in [9.17, 15) is 0 Å². The Balaban J connectivity index is 0.000000130. The maximum absolute atomic E-state index is 4.97. The van der Waals surface area contributed by atoms with Crippen molar-refractivity contribution < 1.29 is 32.7 Å². The topological polar surface area (TPSA) is 12.4 Å². The first-order chi connectivity index (χ1) is 51.4. The van der Waals surface area contributed by atoms with Crippen LogP contribution in [0.5, 0.6) is 0 Å². The Morgan fingerprint density at radius 1 is 0.312 bits per heavy atom. The van der Waals surface area contributed by atoms with Gasteiger partial charge in [0.15, 0.2) is 0 Å². The summed E-state index contributed by atoms with van der Waals surface area (Å²) in [5, 5.41) is 5.43. The van der Waals surface area contributed by atoms with Gasteiger partial charge in [0.2, 0.25) is 0 Å². The second kappa shape index (κ2) is 34.0. The number of hydrogen-bond acceptors (Lipinski definition) is 1. The number of nitrogens with zero attached hydrogens (tertiary/aromatic N) is 1. The van der Waals surface area contributed by atoms with Crippen LogP contribution in [0.25, 0.3) is 44.8 Å². The summed E-state index contributed by atoms with van der Waals surface area (Å²) in [6.45, 7) is 41.4. The predicted molar refractivity (Wildman–Crippen MR) is 467 cm³/mol. The van der Waals surface area contributed by atoms with Crippen LogP contribution in [0, 0.1) is 39.2 Å². The molecule has 0 spiro atoms. The van der Waals surface area contributed by atoms with Gasteiger partial charge >= 0.3 is 0 Å². The van der Waals surface area contributed by atoms with Crippen LogP contribution in [0.4, 0.5) is 5.69 Å². The van der Waals surface area contributed by atoms with Gasteiger partial charge in [-0.25, -0.2) is 0 Å². The van der Waals surface area contributed by atoms with Crippen LogP contribution in [0.15, 0.2) is 302 Å². The van der Waals surface area contributed by atoms with Crippen molar-refractivity contribution in [2.45, 2.75) is 167 Å². The molecule has 1 radical (unpaired) electrons. The average Bonchev–Trinajstić information content (AvgIpc) is 1.65. The molecule has 0 aromatic heterocycles. The van der Waals surface area contributed by atoms with E-state index in [0.717, 1.165) is 18.5 Å². The fourth-order valence-electron chi connectivity index (χ4n) is 17.2. The van der Waals surface area contributed by atoms with Crippen LogP contribution in [0.3, 0.4) is 0 Å². The quantitative estimate of drug-likeness (QED) is 0.121. The molecule has 4 aliphatic rings. The molecule has 0 atom stereocenters. The number of rotatable bonds is 2. The van der Waals surface area contributed by atoms with Gasteiger partial charge in [-0.2, -0.15) is 71.8 Å². The minimum absolute atomic E-state index is 0. The molecule has 3 aliphatic carbocycles. The predicted octanol–water partition coefficient (Wildman–Crippen LogP) is 29.5. The summed E-state index contributed by atoms with van der Waals surface area (Å²) < 4.78 is 0. The summed E-state index contributed by atoms with van der Waals surface area (Å²) in [5.41, 5.74) is 28.7. The zero-order valence-electron chi connectivity index (χ0n) is 68.2. The summed E-state index contributed by atoms with van der Waals surface area (Å²) in [7, 11) is 0. The van der Waals surface area contributed by atoms with E-state index in [0.29, 0.717) is 23.7 Å². The molecule has 17 rings (SSSR count). The van der Waals surface area contributed by atoms with Crippen molar-refractivity contribution in [3.05, 3.63) is 398 Å². The Hall–Kier alpha value is -9.11. The van der Waals surface area contributed by atoms with Gasteiger partial charge in [0.25, 0.3) is 0 Å². The molecule has 1 heterocycles. The molecule has 0 amide bonds. The van der Waals surface area contributed by atoms with E-state index in [1.54, 1.807) is 0 Å². The van der Waals surface area contributed by atoms with Gasteiger partial charge in [0.05, 0.1) is 11.4 Å². The van der Waals surface area contributed by atoms with E-state index in [2.05, 4.69) is 422 Å². The Kier molecular flexibility index (Phi) is 25.3. The molecule has 0 fully saturated rings. The van der Waals surface area contributed by atoms with E-state index < -0.39 is 0 Å². The second-order valence-electron chi connectivity index (χ2n) is 36.3. The number of fused-ring (bicyclic) bond motifs is 11. The fourth-order valence-corrected chi connectivity index (χ4v) is 17.2. The molecule has 1 nitrogen and oxygen atoms in total. The van der Waals surface area contributed by atoms with Crippen LogP contribution < -0.4 is 0 Å². The molecule has 0 N–H and O–H groups in total. The molecule has 13 aromatic rings. The van der Waals surface area contributed by atoms with Crippen LogP contribution in [-0.4, -0.2) is 5.71 Å². The largest absolute Gasteiger partial charge is 0.252 e. The van der Waals surface area contributed by atoms with Crippen LogP contribution in [0.2, 0.25) is 0 Å². The standard InChI is InChI=1S/C19H20.C18H19N.C18H20.C18H18.2C17H18.Y/c1-19(2,3)18-16-10-6-4-8-14(16)12-13-15-9-5-7-11-17(15)18;1-18(2,3)17-15-10-6-4-8-13(15)12-14-9-5-7-11-16(14)19-17;2*1-18(2,3)17-15-10-6-4-8-13(15)12-14-9-5-7-11-16(14)17;1-17(2,3)16-14-10-6-4-8-12(14)13-9-5-7-11-15(13)16;1-17(2,3)16(14-10-6-4-7-11-14)15-12-8-5-9-13-15;/h4-13,18H,1-3H3;4-11H,12H2,1-3H3;4-11,17H,12H2,1-3H3;4-12H,1-3H3;4-11,16H,1-3H3;4-10,12,16H,1-3H3;/q;;;;;-2;. The number of hydrogen-bond donors (Lipinski definition) is 0. The van der Waals surface area contributed by atoms with Gasteiger partial charge in [-0.15, -0.1) is 0 Å². The smallest absolute Gasteiger partial charge is 0.0668 e. The van der Waals surface area contributed by atoms with E-state index in [4.69, 9.17) is 4.99 Å². The van der Waals surface area contributed by atoms with Crippen LogP contribution in [0.1, 0.15) is 237 Å². The summed E-state index contributed by atoms with van der Waals surface area (Å²) in [6.07, 6.45) is 6.55. The summed E-state index contributed by atoms with van der Waals surface area (Å²) >= 11 is 0. The van der Waals surface area contributed by atoms with Gasteiger partial charge < -0.3 is 0 Å². The first-order valence-electron chi connectivity index (χ1n) is 39.2. The zero-order chi connectivity index (χ0) is 76.8. The van der Waals surface area contributed by atoms with Crippen molar-refractivity contribution in [1.82, 2.24) is 0 Å². The number of aliphatic imine (C=N–C) groups is 1. The number of para-hydroxylation sites is 1. The minimum atomic E-state index is 0. The van der Waals surface area contributed by atoms with Gasteiger partial charge in [-0.3, -0.25) is 4.99 Å². The van der Waals surface area contributed by atoms with Crippen molar-refractivity contribution in [3.8, 4) is 11.1 Å². The van der Waals surface area contributed by atoms with Crippen LogP contribution >= 0.6 is 0 Å². The molecule has 13 aromatic carbocycles. The van der Waals surface area contributed by atoms with Crippen molar-refractivity contribution in [2.75, 3.05) is 0 Å². The van der Waals surface area contributed by atoms with Crippen LogP contribution in [-0.2, 0) is 51.0 Å². The molecule has 2 heteroatoms. The van der Waals surface area contributed by atoms with E-state index in [-0.39, 0.29) is 65.2 Å². The van der Waals surface area contributed by atoms with Gasteiger partial charge in [-0.05, 0) is 157 Å². The van der Waals surface area contributed by atoms with Crippen molar-refractivity contribution in [2.24, 2.45) is 32.1 Å². The van der Waals surface area contributed by atoms with Gasteiger partial charge in [-0.1, -0.05) is 373 Å². The molecule has 109 heavy (non-hydrogen) atoms. The summed E-state index contributed by atoms with van der Waals surface area (Å²) in [6, 6.07) is 113. The summed E-state index contributed by atoms with van der Waals surface area (Å²) in [4.78, 5) is 4.97. The molecular weight excluding hydrogens is 1390 g/mol. The molecule has 1 aliphatic heterocycles. The third-order valence-electron chi connectivity index (χ3n) is 21.7. The van der Waals surface area contributed by atoms with E-state index >= 15 is 0 Å². The first kappa shape index (κ1) is 80.9. The Bertz CT molecular complexity index is 5050. The SMILES string of the molecule is CC(C)(C)C(c1[c-]cccc1)c1[c-]cccc1.CC(C)(C)C1=Nc2ccccc2Cc2ccccc21.CC(C)(C)C1c2ccccc2-c2ccccc21.CC(C)(C)C1c2ccccc2C=Cc2ccccc21.CC(C)(C)C1c2ccccc2Cc2ccccc21.CC(C)(C)c1c2ccccc2cc2ccccc12.[Y]. The average molecular weight is 1500 g/mol. The third kappa shape index (κ3) is 18.9. The monoisotopic (exact) mass is 1500 g/mol. The third-order valence-corrected chi connectivity index (χ3v) is 21.7. The Morgan fingerprint density at radius 2 is 0.651 bits per heavy atom. The normalized spacial score (nSPS) is 13.6.